The van der Waals surface area contributed by atoms with Gasteiger partial charge in [0.2, 0.25) is 5.91 Å². The van der Waals surface area contributed by atoms with Crippen LogP contribution in [-0.4, -0.2) is 47.5 Å². The number of carboxylic acids is 1. The highest BCUT2D eigenvalue weighted by atomic mass is 19.1. The Hall–Kier alpha value is -4.20. The second-order valence-electron chi connectivity index (χ2n) is 9.61. The van der Waals surface area contributed by atoms with E-state index in [2.05, 4.69) is 0 Å². The lowest BCUT2D eigenvalue weighted by Crippen LogP contribution is -2.51. The molecule has 5 rings (SSSR count). The number of amides is 3. The number of para-hydroxylation sites is 2. The number of rotatable bonds is 5. The number of aliphatic carboxylic acids is 1. The molecule has 3 amide bonds. The van der Waals surface area contributed by atoms with Crippen molar-refractivity contribution in [2.24, 2.45) is 5.41 Å². The van der Waals surface area contributed by atoms with E-state index < -0.39 is 23.1 Å². The van der Waals surface area contributed by atoms with E-state index in [1.54, 1.807) is 40.1 Å². The van der Waals surface area contributed by atoms with E-state index in [4.69, 9.17) is 0 Å². The Morgan fingerprint density at radius 1 is 0.865 bits per heavy atom. The van der Waals surface area contributed by atoms with Crippen molar-refractivity contribution in [3.8, 4) is 0 Å². The molecule has 8 heteroatoms. The minimum Gasteiger partial charge on any atom is -0.481 e. The molecule has 0 atom stereocenters. The number of piperidine rings is 1. The van der Waals surface area contributed by atoms with E-state index in [1.807, 2.05) is 30.3 Å². The molecule has 1 fully saturated rings. The summed E-state index contributed by atoms with van der Waals surface area (Å²) in [5, 5.41) is 10.2. The van der Waals surface area contributed by atoms with Gasteiger partial charge < -0.3 is 10.0 Å². The highest BCUT2D eigenvalue weighted by molar-refractivity contribution is 6.02. The van der Waals surface area contributed by atoms with E-state index in [0.29, 0.717) is 17.9 Å². The highest BCUT2D eigenvalue weighted by Gasteiger charge is 2.46. The summed E-state index contributed by atoms with van der Waals surface area (Å²) in [6.45, 7) is 1.07. The van der Waals surface area contributed by atoms with Crippen molar-refractivity contribution in [3.63, 3.8) is 0 Å². The number of carbonyl (C=O) groups is 3. The van der Waals surface area contributed by atoms with Gasteiger partial charge in [0, 0.05) is 37.4 Å². The lowest BCUT2D eigenvalue weighted by molar-refractivity contribution is -0.154. The van der Waals surface area contributed by atoms with Crippen molar-refractivity contribution in [1.29, 1.82) is 0 Å². The fraction of sp³-hybridized carbons (Fsp3) is 0.276. The van der Waals surface area contributed by atoms with Gasteiger partial charge in [-0.05, 0) is 61.2 Å². The fourth-order valence-corrected chi connectivity index (χ4v) is 5.30. The quantitative estimate of drug-likeness (QED) is 0.519. The van der Waals surface area contributed by atoms with Gasteiger partial charge in [0.05, 0.1) is 11.1 Å². The molecule has 0 spiro atoms. The van der Waals surface area contributed by atoms with Gasteiger partial charge in [-0.25, -0.2) is 9.18 Å². The summed E-state index contributed by atoms with van der Waals surface area (Å²) in [4.78, 5) is 44.2. The average Bonchev–Trinajstić information content (AvgIpc) is 3.34. The molecule has 0 bridgehead atoms. The molecule has 2 heterocycles. The molecule has 3 aromatic carbocycles. The van der Waals surface area contributed by atoms with Crippen LogP contribution in [0, 0.1) is 11.2 Å². The molecular formula is C29H28FN3O4. The molecular weight excluding hydrogens is 473 g/mol. The zero-order valence-corrected chi connectivity index (χ0v) is 20.3. The molecule has 3 aromatic rings. The van der Waals surface area contributed by atoms with Crippen LogP contribution in [0.15, 0.2) is 78.9 Å². The van der Waals surface area contributed by atoms with Crippen LogP contribution in [0.1, 0.15) is 24.8 Å². The maximum Gasteiger partial charge on any atom is 0.324 e. The van der Waals surface area contributed by atoms with E-state index in [0.717, 1.165) is 17.7 Å². The number of urea groups is 1. The Labute approximate surface area is 214 Å². The number of hydrogen-bond donors (Lipinski definition) is 1. The molecule has 190 valence electrons. The van der Waals surface area contributed by atoms with Crippen molar-refractivity contribution >= 4 is 35.0 Å². The summed E-state index contributed by atoms with van der Waals surface area (Å²) in [6, 6.07) is 22.1. The number of halogens is 1. The Balaban J connectivity index is 1.34. The number of fused-ring (bicyclic) bond motifs is 1. The lowest BCUT2D eigenvalue weighted by Gasteiger charge is -2.40. The Kier molecular flexibility index (Phi) is 6.65. The topological polar surface area (TPSA) is 81.2 Å². The van der Waals surface area contributed by atoms with Crippen molar-refractivity contribution in [3.05, 3.63) is 90.2 Å². The molecule has 0 aliphatic carbocycles. The standard InChI is InChI=1S/C29H28FN3O4/c30-22-8-6-11-24(19-22)33(23-9-2-1-3-10-23)26(34)20-29(27(35)36)14-17-31(18-15-29)28(37)32-16-13-21-7-4-5-12-25(21)32/h1-12,19H,13-18,20H2,(H,35,36). The van der Waals surface area contributed by atoms with E-state index in [9.17, 15) is 23.9 Å². The minimum atomic E-state index is -1.32. The first-order chi connectivity index (χ1) is 17.9. The van der Waals surface area contributed by atoms with Crippen molar-refractivity contribution < 1.29 is 23.9 Å². The van der Waals surface area contributed by atoms with Crippen LogP contribution in [0.4, 0.5) is 26.2 Å². The lowest BCUT2D eigenvalue weighted by atomic mass is 9.75. The predicted molar refractivity (Wildman–Crippen MR) is 138 cm³/mol. The molecule has 1 N–H and O–H groups in total. The zero-order chi connectivity index (χ0) is 26.0. The molecule has 0 saturated carbocycles. The number of likely N-dealkylation sites (tertiary alicyclic amines) is 1. The first kappa shape index (κ1) is 24.5. The van der Waals surface area contributed by atoms with Gasteiger partial charge in [-0.2, -0.15) is 0 Å². The first-order valence-electron chi connectivity index (χ1n) is 12.4. The minimum absolute atomic E-state index is 0.138. The van der Waals surface area contributed by atoms with Crippen LogP contribution >= 0.6 is 0 Å². The van der Waals surface area contributed by atoms with Gasteiger partial charge in [-0.15, -0.1) is 0 Å². The van der Waals surface area contributed by atoms with Crippen LogP contribution in [0.25, 0.3) is 0 Å². The van der Waals surface area contributed by atoms with E-state index in [1.165, 1.54) is 23.1 Å². The third-order valence-corrected chi connectivity index (χ3v) is 7.38. The molecule has 0 radical (unpaired) electrons. The average molecular weight is 502 g/mol. The van der Waals surface area contributed by atoms with Gasteiger partial charge in [0.15, 0.2) is 0 Å². The van der Waals surface area contributed by atoms with E-state index in [-0.39, 0.29) is 38.4 Å². The maximum absolute atomic E-state index is 14.0. The molecule has 0 aromatic heterocycles. The molecule has 1 saturated heterocycles. The fourth-order valence-electron chi connectivity index (χ4n) is 5.30. The molecule has 2 aliphatic heterocycles. The second-order valence-corrected chi connectivity index (χ2v) is 9.61. The van der Waals surface area contributed by atoms with Gasteiger partial charge in [0.25, 0.3) is 0 Å². The zero-order valence-electron chi connectivity index (χ0n) is 20.3. The number of anilines is 3. The van der Waals surface area contributed by atoms with Crippen LogP contribution in [0.3, 0.4) is 0 Å². The molecule has 7 nitrogen and oxygen atoms in total. The molecule has 37 heavy (non-hydrogen) atoms. The van der Waals surface area contributed by atoms with Crippen molar-refractivity contribution in [2.45, 2.75) is 25.7 Å². The largest absolute Gasteiger partial charge is 0.481 e. The Bertz CT molecular complexity index is 1320. The number of nitrogens with zero attached hydrogens (tertiary/aromatic N) is 3. The summed E-state index contributed by atoms with van der Waals surface area (Å²) >= 11 is 0. The Morgan fingerprint density at radius 2 is 1.54 bits per heavy atom. The monoisotopic (exact) mass is 501 g/mol. The van der Waals surface area contributed by atoms with Gasteiger partial charge >= 0.3 is 12.0 Å². The molecule has 2 aliphatic rings. The first-order valence-corrected chi connectivity index (χ1v) is 12.4. The maximum atomic E-state index is 14.0. The third-order valence-electron chi connectivity index (χ3n) is 7.38. The highest BCUT2D eigenvalue weighted by Crippen LogP contribution is 2.39. The number of carbonyl (C=O) groups excluding carboxylic acids is 2. The second kappa shape index (κ2) is 10.0. The van der Waals surface area contributed by atoms with Crippen LogP contribution in [0.5, 0.6) is 0 Å². The van der Waals surface area contributed by atoms with Gasteiger partial charge in [-0.1, -0.05) is 42.5 Å². The van der Waals surface area contributed by atoms with Crippen LogP contribution in [-0.2, 0) is 16.0 Å². The van der Waals surface area contributed by atoms with Crippen LogP contribution < -0.4 is 9.80 Å². The SMILES string of the molecule is O=C(N1CCC(CC(=O)N(c2ccccc2)c2cccc(F)c2)(C(=O)O)CC1)N1CCc2ccccc21. The van der Waals surface area contributed by atoms with Crippen molar-refractivity contribution in [2.75, 3.05) is 29.4 Å². The van der Waals surface area contributed by atoms with Crippen LogP contribution in [0.2, 0.25) is 0 Å². The summed E-state index contributed by atoms with van der Waals surface area (Å²) in [7, 11) is 0. The number of hydrogen-bond acceptors (Lipinski definition) is 3. The van der Waals surface area contributed by atoms with E-state index >= 15 is 0 Å². The molecule has 0 unspecified atom stereocenters. The third kappa shape index (κ3) is 4.79. The predicted octanol–water partition coefficient (Wildman–Crippen LogP) is 5.23. The number of benzene rings is 3. The summed E-state index contributed by atoms with van der Waals surface area (Å²) in [5.41, 5.74) is 1.55. The smallest absolute Gasteiger partial charge is 0.324 e. The summed E-state index contributed by atoms with van der Waals surface area (Å²) < 4.78 is 14.0. The van der Waals surface area contributed by atoms with Gasteiger partial charge in [0.1, 0.15) is 5.82 Å². The summed E-state index contributed by atoms with van der Waals surface area (Å²) in [6.07, 6.45) is 0.837. The van der Waals surface area contributed by atoms with Gasteiger partial charge in [-0.3, -0.25) is 19.4 Å². The normalized spacial score (nSPS) is 16.2. The summed E-state index contributed by atoms with van der Waals surface area (Å²) in [5.74, 6) is -1.99. The van der Waals surface area contributed by atoms with Crippen molar-refractivity contribution in [1.82, 2.24) is 4.90 Å². The number of carboxylic acid groups (broad SMARTS) is 1. The Morgan fingerprint density at radius 3 is 2.24 bits per heavy atom.